The molecule has 2 heterocycles. The minimum absolute atomic E-state index is 0.385. The molecule has 0 spiro atoms. The Morgan fingerprint density at radius 2 is 2.10 bits per heavy atom. The number of methoxy groups -OCH3 is 1. The molecule has 0 aliphatic carbocycles. The first-order valence-corrected chi connectivity index (χ1v) is 7.37. The number of anilines is 1. The molecule has 0 bridgehead atoms. The first-order chi connectivity index (χ1) is 10.3. The number of pyridine rings is 1. The number of aromatic nitrogens is 3. The monoisotopic (exact) mass is 286 g/mol. The molecular weight excluding hydrogens is 264 g/mol. The fourth-order valence-electron chi connectivity index (χ4n) is 2.16. The molecule has 5 nitrogen and oxygen atoms in total. The van der Waals surface area contributed by atoms with Crippen LogP contribution in [0.3, 0.4) is 0 Å². The highest BCUT2D eigenvalue weighted by Gasteiger charge is 2.13. The molecule has 1 N–H and O–H groups in total. The summed E-state index contributed by atoms with van der Waals surface area (Å²) in [5, 5.41) is 3.46. The lowest BCUT2D eigenvalue weighted by molar-refractivity contribution is 0.412. The fraction of sp³-hybridized carbons (Fsp3) is 0.438. The predicted octanol–water partition coefficient (Wildman–Crippen LogP) is 3.54. The maximum Gasteiger partial charge on any atom is 0.180 e. The molecule has 1 atom stereocenters. The van der Waals surface area contributed by atoms with Crippen LogP contribution in [0.25, 0.3) is 11.5 Å². The normalized spacial score (nSPS) is 12.0. The summed E-state index contributed by atoms with van der Waals surface area (Å²) in [7, 11) is 1.63. The van der Waals surface area contributed by atoms with Gasteiger partial charge in [-0.05, 0) is 25.0 Å². The number of rotatable bonds is 7. The van der Waals surface area contributed by atoms with Crippen LogP contribution < -0.4 is 10.1 Å². The zero-order chi connectivity index (χ0) is 15.1. The predicted molar refractivity (Wildman–Crippen MR) is 84.4 cm³/mol. The zero-order valence-corrected chi connectivity index (χ0v) is 12.8. The van der Waals surface area contributed by atoms with Gasteiger partial charge in [0.05, 0.1) is 13.3 Å². The Hall–Kier alpha value is -2.17. The van der Waals surface area contributed by atoms with Gasteiger partial charge in [0.2, 0.25) is 0 Å². The molecule has 0 radical (unpaired) electrons. The standard InChI is InChI=1S/C16H22N4O/c1-4-8-12(5-2)19-16-14(21-3)11-18-15(20-16)13-9-6-7-10-17-13/h6-7,9-12H,4-5,8H2,1-3H3,(H,18,19,20). The number of ether oxygens (including phenoxy) is 1. The molecule has 0 saturated heterocycles. The number of hydrogen-bond acceptors (Lipinski definition) is 5. The average Bonchev–Trinajstić information content (AvgIpc) is 2.55. The molecule has 0 aliphatic rings. The molecule has 5 heteroatoms. The van der Waals surface area contributed by atoms with Gasteiger partial charge < -0.3 is 10.1 Å². The van der Waals surface area contributed by atoms with Gasteiger partial charge in [0.25, 0.3) is 0 Å². The first kappa shape index (κ1) is 15.2. The van der Waals surface area contributed by atoms with Crippen molar-refractivity contribution in [3.05, 3.63) is 30.6 Å². The van der Waals surface area contributed by atoms with Crippen molar-refractivity contribution in [1.29, 1.82) is 0 Å². The Morgan fingerprint density at radius 1 is 1.24 bits per heavy atom. The van der Waals surface area contributed by atoms with E-state index in [-0.39, 0.29) is 0 Å². The van der Waals surface area contributed by atoms with Crippen LogP contribution in [0.4, 0.5) is 5.82 Å². The lowest BCUT2D eigenvalue weighted by Crippen LogP contribution is -2.19. The van der Waals surface area contributed by atoms with E-state index in [2.05, 4.69) is 34.1 Å². The molecule has 2 aromatic heterocycles. The van der Waals surface area contributed by atoms with Crippen LogP contribution in [-0.4, -0.2) is 28.1 Å². The Labute approximate surface area is 125 Å². The van der Waals surface area contributed by atoms with E-state index in [4.69, 9.17) is 4.74 Å². The first-order valence-electron chi connectivity index (χ1n) is 7.37. The summed E-state index contributed by atoms with van der Waals surface area (Å²) in [6.45, 7) is 4.35. The third kappa shape index (κ3) is 3.90. The molecular formula is C16H22N4O. The van der Waals surface area contributed by atoms with E-state index in [0.717, 1.165) is 30.8 Å². The van der Waals surface area contributed by atoms with Gasteiger partial charge in [-0.2, -0.15) is 0 Å². The SMILES string of the molecule is CCCC(CC)Nc1nc(-c2ccccn2)ncc1OC. The lowest BCUT2D eigenvalue weighted by atomic mass is 10.1. The van der Waals surface area contributed by atoms with Gasteiger partial charge in [-0.1, -0.05) is 26.3 Å². The van der Waals surface area contributed by atoms with E-state index < -0.39 is 0 Å². The molecule has 0 fully saturated rings. The van der Waals surface area contributed by atoms with Crippen molar-refractivity contribution in [2.45, 2.75) is 39.2 Å². The van der Waals surface area contributed by atoms with Crippen LogP contribution in [0.15, 0.2) is 30.6 Å². The zero-order valence-electron chi connectivity index (χ0n) is 12.8. The molecule has 0 amide bonds. The Bertz CT molecular complexity index is 559. The molecule has 2 aromatic rings. The van der Waals surface area contributed by atoms with Crippen LogP contribution in [0, 0.1) is 0 Å². The van der Waals surface area contributed by atoms with Crippen molar-refractivity contribution < 1.29 is 4.74 Å². The number of nitrogens with one attached hydrogen (secondary N) is 1. The topological polar surface area (TPSA) is 59.9 Å². The van der Waals surface area contributed by atoms with E-state index in [9.17, 15) is 0 Å². The third-order valence-corrected chi connectivity index (χ3v) is 3.34. The summed E-state index contributed by atoms with van der Waals surface area (Å²) in [5.74, 6) is 1.99. The van der Waals surface area contributed by atoms with Gasteiger partial charge >= 0.3 is 0 Å². The van der Waals surface area contributed by atoms with E-state index in [1.54, 1.807) is 19.5 Å². The van der Waals surface area contributed by atoms with Crippen LogP contribution in [0.1, 0.15) is 33.1 Å². The summed E-state index contributed by atoms with van der Waals surface area (Å²) in [5.41, 5.74) is 0.756. The maximum absolute atomic E-state index is 5.35. The summed E-state index contributed by atoms with van der Waals surface area (Å²) < 4.78 is 5.35. The molecule has 112 valence electrons. The second kappa shape index (κ2) is 7.57. The average molecular weight is 286 g/mol. The minimum atomic E-state index is 0.385. The van der Waals surface area contributed by atoms with Crippen LogP contribution in [0.5, 0.6) is 5.75 Å². The van der Waals surface area contributed by atoms with Crippen molar-refractivity contribution in [3.63, 3.8) is 0 Å². The lowest BCUT2D eigenvalue weighted by Gasteiger charge is -2.18. The van der Waals surface area contributed by atoms with E-state index in [0.29, 0.717) is 17.6 Å². The van der Waals surface area contributed by atoms with Crippen LogP contribution in [-0.2, 0) is 0 Å². The van der Waals surface area contributed by atoms with E-state index in [1.807, 2.05) is 18.2 Å². The highest BCUT2D eigenvalue weighted by molar-refractivity contribution is 5.57. The largest absolute Gasteiger partial charge is 0.491 e. The summed E-state index contributed by atoms with van der Waals surface area (Å²) in [6, 6.07) is 6.08. The Kier molecular flexibility index (Phi) is 5.49. The fourth-order valence-corrected chi connectivity index (χ4v) is 2.16. The maximum atomic E-state index is 5.35. The molecule has 1 unspecified atom stereocenters. The summed E-state index contributed by atoms with van der Waals surface area (Å²) in [6.07, 6.45) is 6.70. The quantitative estimate of drug-likeness (QED) is 0.843. The van der Waals surface area contributed by atoms with Crippen molar-refractivity contribution in [1.82, 2.24) is 15.0 Å². The van der Waals surface area contributed by atoms with Crippen LogP contribution in [0.2, 0.25) is 0 Å². The van der Waals surface area contributed by atoms with Gasteiger partial charge in [-0.15, -0.1) is 0 Å². The van der Waals surface area contributed by atoms with Gasteiger partial charge in [0, 0.05) is 12.2 Å². The number of nitrogens with zero attached hydrogens (tertiary/aromatic N) is 3. The second-order valence-electron chi connectivity index (χ2n) is 4.86. The molecule has 0 aromatic carbocycles. The Balaban J connectivity index is 2.30. The van der Waals surface area contributed by atoms with Gasteiger partial charge in [0.15, 0.2) is 17.4 Å². The van der Waals surface area contributed by atoms with Crippen molar-refractivity contribution in [2.75, 3.05) is 12.4 Å². The van der Waals surface area contributed by atoms with Crippen molar-refractivity contribution >= 4 is 5.82 Å². The van der Waals surface area contributed by atoms with Crippen molar-refractivity contribution in [3.8, 4) is 17.3 Å². The molecule has 2 rings (SSSR count). The van der Waals surface area contributed by atoms with E-state index >= 15 is 0 Å². The Morgan fingerprint density at radius 3 is 2.71 bits per heavy atom. The second-order valence-corrected chi connectivity index (χ2v) is 4.86. The van der Waals surface area contributed by atoms with E-state index in [1.165, 1.54) is 0 Å². The number of hydrogen-bond donors (Lipinski definition) is 1. The molecule has 21 heavy (non-hydrogen) atoms. The minimum Gasteiger partial charge on any atom is -0.491 e. The summed E-state index contributed by atoms with van der Waals surface area (Å²) >= 11 is 0. The van der Waals surface area contributed by atoms with Gasteiger partial charge in [0.1, 0.15) is 5.69 Å². The smallest absolute Gasteiger partial charge is 0.180 e. The summed E-state index contributed by atoms with van der Waals surface area (Å²) in [4.78, 5) is 13.2. The van der Waals surface area contributed by atoms with Gasteiger partial charge in [-0.3, -0.25) is 4.98 Å². The highest BCUT2D eigenvalue weighted by atomic mass is 16.5. The van der Waals surface area contributed by atoms with Crippen LogP contribution >= 0.6 is 0 Å². The van der Waals surface area contributed by atoms with Gasteiger partial charge in [-0.25, -0.2) is 9.97 Å². The molecule has 0 aliphatic heterocycles. The molecule has 0 saturated carbocycles. The third-order valence-electron chi connectivity index (χ3n) is 3.34. The highest BCUT2D eigenvalue weighted by Crippen LogP contribution is 2.25. The van der Waals surface area contributed by atoms with Crippen molar-refractivity contribution in [2.24, 2.45) is 0 Å².